The van der Waals surface area contributed by atoms with E-state index in [4.69, 9.17) is 0 Å². The molecule has 0 amide bonds. The number of H-pyrrole nitrogens is 2. The lowest BCUT2D eigenvalue weighted by atomic mass is 9.93. The van der Waals surface area contributed by atoms with Gasteiger partial charge in [-0.1, -0.05) is 31.9 Å². The average molecular weight is 558 g/mol. The zero-order valence-electron chi connectivity index (χ0n) is 24.5. The monoisotopic (exact) mass is 557 g/mol. The fraction of sp³-hybridized carbons (Fsp3) is 0.229. The summed E-state index contributed by atoms with van der Waals surface area (Å²) in [5.41, 5.74) is 8.78. The van der Waals surface area contributed by atoms with E-state index in [1.165, 1.54) is 12.8 Å². The molecule has 42 heavy (non-hydrogen) atoms. The van der Waals surface area contributed by atoms with Gasteiger partial charge in [-0.05, 0) is 117 Å². The number of piperidine rings is 1. The number of aromatic amines is 2. The Bertz CT molecular complexity index is 1780. The van der Waals surface area contributed by atoms with Crippen molar-refractivity contribution >= 4 is 23.7 Å². The molecular formula is C35H39N7. The summed E-state index contributed by atoms with van der Waals surface area (Å²) in [5, 5.41) is 17.3. The standard InChI is InChI=1S/C35H39N7/c1-6-27(21-29(7-2)39-24(4)20-26-10-15-36-16-11-26)23(3)8-9-32-25(5)34(42-41-32)33-22-31-30(14-19-38-35(31)40-33)28-12-17-37-18-13-28/h6-9,12-14,17-19,21-22,26,36,39,41H,2,4-5,10-11,15-16,20H2,1,3H3,(H,38,40)/b23-8+,27-6+,29-21+,32-9+. The van der Waals surface area contributed by atoms with Gasteiger partial charge in [0.1, 0.15) is 11.3 Å². The molecule has 1 aliphatic heterocycles. The smallest absolute Gasteiger partial charge is 0.138 e. The quantitative estimate of drug-likeness (QED) is 0.189. The second kappa shape index (κ2) is 13.3. The van der Waals surface area contributed by atoms with Gasteiger partial charge in [-0.25, -0.2) is 4.98 Å². The number of hydrogen-bond donors (Lipinski definition) is 4. The van der Waals surface area contributed by atoms with Crippen LogP contribution in [0, 0.1) is 5.92 Å². The van der Waals surface area contributed by atoms with Crippen molar-refractivity contribution in [1.82, 2.24) is 35.8 Å². The van der Waals surface area contributed by atoms with Crippen LogP contribution in [0.15, 0.2) is 103 Å². The molecule has 7 nitrogen and oxygen atoms in total. The van der Waals surface area contributed by atoms with Gasteiger partial charge in [0.05, 0.1) is 11.0 Å². The maximum Gasteiger partial charge on any atom is 0.138 e. The first-order valence-electron chi connectivity index (χ1n) is 14.4. The Morgan fingerprint density at radius 3 is 2.67 bits per heavy atom. The van der Waals surface area contributed by atoms with Crippen LogP contribution in [0.3, 0.4) is 0 Å². The van der Waals surface area contributed by atoms with Gasteiger partial charge in [0.25, 0.3) is 0 Å². The minimum atomic E-state index is 0.676. The highest BCUT2D eigenvalue weighted by molar-refractivity contribution is 5.95. The first-order chi connectivity index (χ1) is 20.5. The van der Waals surface area contributed by atoms with Gasteiger partial charge in [0.15, 0.2) is 0 Å². The van der Waals surface area contributed by atoms with E-state index in [1.54, 1.807) is 12.4 Å². The Hall–Kier alpha value is -4.75. The first kappa shape index (κ1) is 28.8. The van der Waals surface area contributed by atoms with Gasteiger partial charge >= 0.3 is 0 Å². The summed E-state index contributed by atoms with van der Waals surface area (Å²) in [6.07, 6.45) is 18.9. The van der Waals surface area contributed by atoms with Crippen molar-refractivity contribution in [3.63, 3.8) is 0 Å². The van der Waals surface area contributed by atoms with Crippen LogP contribution >= 0.6 is 0 Å². The highest BCUT2D eigenvalue weighted by atomic mass is 15.1. The highest BCUT2D eigenvalue weighted by Crippen LogP contribution is 2.29. The fourth-order valence-electron chi connectivity index (χ4n) is 5.41. The third-order valence-corrected chi connectivity index (χ3v) is 7.79. The number of nitrogens with one attached hydrogen (secondary N) is 4. The lowest BCUT2D eigenvalue weighted by molar-refractivity contribution is 0.368. The van der Waals surface area contributed by atoms with Gasteiger partial charge in [-0.3, -0.25) is 10.1 Å². The van der Waals surface area contributed by atoms with Crippen LogP contribution in [0.2, 0.25) is 0 Å². The van der Waals surface area contributed by atoms with Crippen molar-refractivity contribution in [2.45, 2.75) is 33.1 Å². The number of nitrogens with zero attached hydrogens (tertiary/aromatic N) is 3. The Morgan fingerprint density at radius 2 is 1.93 bits per heavy atom. The Kier molecular flexibility index (Phi) is 9.09. The van der Waals surface area contributed by atoms with Gasteiger partial charge < -0.3 is 15.6 Å². The second-order valence-electron chi connectivity index (χ2n) is 10.7. The molecule has 1 saturated heterocycles. The molecule has 4 aromatic rings. The third kappa shape index (κ3) is 6.58. The number of pyridine rings is 2. The van der Waals surface area contributed by atoms with Crippen molar-refractivity contribution in [3.05, 3.63) is 113 Å². The summed E-state index contributed by atoms with van der Waals surface area (Å²) in [5.74, 6) is 0.676. The van der Waals surface area contributed by atoms with Crippen LogP contribution in [0.4, 0.5) is 0 Å². The van der Waals surface area contributed by atoms with Crippen LogP contribution in [0.25, 0.3) is 46.2 Å². The van der Waals surface area contributed by atoms with Crippen LogP contribution in [0.5, 0.6) is 0 Å². The molecule has 1 fully saturated rings. The summed E-state index contributed by atoms with van der Waals surface area (Å²) < 4.78 is 0. The zero-order chi connectivity index (χ0) is 29.5. The van der Waals surface area contributed by atoms with E-state index in [1.807, 2.05) is 43.5 Å². The Balaban J connectivity index is 1.35. The van der Waals surface area contributed by atoms with E-state index < -0.39 is 0 Å². The van der Waals surface area contributed by atoms with Crippen molar-refractivity contribution < 1.29 is 0 Å². The molecule has 0 spiro atoms. The van der Waals surface area contributed by atoms with Crippen LogP contribution in [0.1, 0.15) is 33.1 Å². The number of fused-ring (bicyclic) bond motifs is 1. The molecule has 0 radical (unpaired) electrons. The van der Waals surface area contributed by atoms with Gasteiger partial charge in [0.2, 0.25) is 0 Å². The molecule has 0 bridgehead atoms. The van der Waals surface area contributed by atoms with Crippen LogP contribution in [-0.2, 0) is 0 Å². The maximum atomic E-state index is 4.59. The number of allylic oxidation sites excluding steroid dienone is 7. The topological polar surface area (TPSA) is 94.3 Å². The molecule has 0 atom stereocenters. The maximum absolute atomic E-state index is 4.59. The minimum Gasteiger partial charge on any atom is -0.359 e. The lowest BCUT2D eigenvalue weighted by Crippen LogP contribution is -2.28. The molecule has 5 heterocycles. The summed E-state index contributed by atoms with van der Waals surface area (Å²) >= 11 is 0. The molecule has 0 saturated carbocycles. The van der Waals surface area contributed by atoms with Crippen molar-refractivity contribution in [1.29, 1.82) is 0 Å². The molecular weight excluding hydrogens is 518 g/mol. The Morgan fingerprint density at radius 1 is 1.14 bits per heavy atom. The molecule has 4 N–H and O–H groups in total. The SMILES string of the molecule is C=C\C(=C/C(=C\C)C(/C)=C/C=c1/[nH]nc(-c2cc3c(-c4ccncc4)ccnc3[nH]2)c1=C)NC(=C)CC1CCNCC1. The van der Waals surface area contributed by atoms with E-state index in [2.05, 4.69) is 86.7 Å². The first-order valence-corrected chi connectivity index (χ1v) is 14.4. The van der Waals surface area contributed by atoms with E-state index in [0.717, 1.165) is 86.2 Å². The molecule has 0 aliphatic carbocycles. The van der Waals surface area contributed by atoms with E-state index in [-0.39, 0.29) is 0 Å². The zero-order valence-corrected chi connectivity index (χ0v) is 24.5. The van der Waals surface area contributed by atoms with E-state index in [0.29, 0.717) is 5.92 Å². The van der Waals surface area contributed by atoms with Gasteiger partial charge in [0, 0.05) is 40.6 Å². The van der Waals surface area contributed by atoms with Crippen molar-refractivity contribution in [2.75, 3.05) is 13.1 Å². The molecule has 7 heteroatoms. The second-order valence-corrected chi connectivity index (χ2v) is 10.7. The minimum absolute atomic E-state index is 0.676. The molecule has 5 rings (SSSR count). The highest BCUT2D eigenvalue weighted by Gasteiger charge is 2.15. The molecule has 0 aromatic carbocycles. The summed E-state index contributed by atoms with van der Waals surface area (Å²) in [4.78, 5) is 12.1. The predicted octanol–water partition coefficient (Wildman–Crippen LogP) is 5.66. The summed E-state index contributed by atoms with van der Waals surface area (Å²) in [6.45, 7) is 18.9. The van der Waals surface area contributed by atoms with Gasteiger partial charge in [-0.2, -0.15) is 5.10 Å². The van der Waals surface area contributed by atoms with Gasteiger partial charge in [-0.15, -0.1) is 0 Å². The van der Waals surface area contributed by atoms with Crippen molar-refractivity contribution in [2.24, 2.45) is 5.92 Å². The lowest BCUT2D eigenvalue weighted by Gasteiger charge is -2.24. The summed E-state index contributed by atoms with van der Waals surface area (Å²) in [7, 11) is 0. The van der Waals surface area contributed by atoms with Crippen molar-refractivity contribution in [3.8, 4) is 22.5 Å². The van der Waals surface area contributed by atoms with Crippen LogP contribution < -0.4 is 21.2 Å². The largest absolute Gasteiger partial charge is 0.359 e. The molecule has 1 aliphatic rings. The third-order valence-electron chi connectivity index (χ3n) is 7.79. The number of rotatable bonds is 10. The molecule has 0 unspecified atom stereocenters. The van der Waals surface area contributed by atoms with Crippen LogP contribution in [-0.4, -0.2) is 38.2 Å². The van der Waals surface area contributed by atoms with E-state index >= 15 is 0 Å². The average Bonchev–Trinajstić information content (AvgIpc) is 3.61. The Labute approximate surface area is 247 Å². The number of hydrogen-bond acceptors (Lipinski definition) is 5. The fourth-order valence-corrected chi connectivity index (χ4v) is 5.41. The molecule has 4 aromatic heterocycles. The van der Waals surface area contributed by atoms with E-state index in [9.17, 15) is 0 Å². The normalized spacial score (nSPS) is 15.8. The number of aromatic nitrogens is 5. The molecule has 214 valence electrons. The summed E-state index contributed by atoms with van der Waals surface area (Å²) in [6, 6.07) is 8.10. The predicted molar refractivity (Wildman–Crippen MR) is 174 cm³/mol.